The van der Waals surface area contributed by atoms with Crippen molar-refractivity contribution in [3.8, 4) is 23.0 Å². The number of nitro benzene ring substituents is 2. The highest BCUT2D eigenvalue weighted by Crippen LogP contribution is 2.38. The number of nitrogens with zero attached hydrogens (tertiary/aromatic N) is 7. The molecule has 0 fully saturated rings. The van der Waals surface area contributed by atoms with Crippen molar-refractivity contribution < 1.29 is 29.1 Å². The smallest absolute Gasteiger partial charge is 0.271 e. The monoisotopic (exact) mass is 683 g/mol. The van der Waals surface area contributed by atoms with Crippen LogP contribution in [0.2, 0.25) is 0 Å². The Morgan fingerprint density at radius 2 is 1.40 bits per heavy atom. The Bertz CT molecular complexity index is 1930. The summed E-state index contributed by atoms with van der Waals surface area (Å²) in [6.07, 6.45) is 3.03. The number of rotatable bonds is 13. The molecule has 260 valence electrons. The van der Waals surface area contributed by atoms with E-state index in [1.165, 1.54) is 48.8 Å². The molecule has 50 heavy (non-hydrogen) atoms. The van der Waals surface area contributed by atoms with Crippen LogP contribution in [0.15, 0.2) is 82.8 Å². The minimum absolute atomic E-state index is 0.0376. The number of nitro groups is 2. The predicted octanol–water partition coefficient (Wildman–Crippen LogP) is 7.60. The Morgan fingerprint density at radius 3 is 2.06 bits per heavy atom. The van der Waals surface area contributed by atoms with Crippen molar-refractivity contribution in [1.82, 2.24) is 5.39 Å². The molecule has 0 amide bonds. The number of aliphatic imine (C=N–C) groups is 2. The number of hydrogen-bond acceptors (Lipinski definition) is 13. The molecule has 1 aliphatic rings. The minimum Gasteiger partial charge on any atom is -0.496 e. The Labute approximate surface area is 288 Å². The number of non-ortho nitro benzene ring substituents is 2. The van der Waals surface area contributed by atoms with Crippen molar-refractivity contribution in [3.05, 3.63) is 104 Å². The largest absolute Gasteiger partial charge is 0.496 e. The topological polar surface area (TPSA) is 158 Å². The highest BCUT2D eigenvalue weighted by Gasteiger charge is 2.24. The molecule has 0 aromatic heterocycles. The van der Waals surface area contributed by atoms with Crippen LogP contribution >= 0.6 is 0 Å². The van der Waals surface area contributed by atoms with Gasteiger partial charge in [-0.3, -0.25) is 30.2 Å². The van der Waals surface area contributed by atoms with Gasteiger partial charge in [-0.1, -0.05) is 0 Å². The minimum atomic E-state index is -0.541. The van der Waals surface area contributed by atoms with E-state index in [4.69, 9.17) is 19.2 Å². The third kappa shape index (κ3) is 7.90. The predicted molar refractivity (Wildman–Crippen MR) is 191 cm³/mol. The van der Waals surface area contributed by atoms with Crippen LogP contribution in [0.4, 0.5) is 34.1 Å². The third-order valence-electron chi connectivity index (χ3n) is 7.98. The molecule has 4 aromatic rings. The Kier molecular flexibility index (Phi) is 11.1. The molecule has 0 aliphatic carbocycles. The van der Waals surface area contributed by atoms with Gasteiger partial charge in [0.05, 0.1) is 17.0 Å². The van der Waals surface area contributed by atoms with Crippen LogP contribution in [0.1, 0.15) is 38.8 Å². The Morgan fingerprint density at radius 1 is 0.780 bits per heavy atom. The standard InChI is InChI=1S/C35H37N7O8/c1-6-38(7-2)26-12-10-24(34(20-26)47-5)22-36-30-18-28(40(43)44)14-16-32(30)48-42-49-33-17-15-29(41(45)46)19-31(33)37-23-25-11-13-27(21-35(25)50-42)39(8-3)9-4/h10-23H,6-9H2,1-5H3. The number of anilines is 2. The van der Waals surface area contributed by atoms with E-state index in [2.05, 4.69) is 33.6 Å². The van der Waals surface area contributed by atoms with Gasteiger partial charge in [-0.25, -0.2) is 0 Å². The second-order valence-corrected chi connectivity index (χ2v) is 10.8. The second kappa shape index (κ2) is 15.8. The molecule has 15 nitrogen and oxygen atoms in total. The summed E-state index contributed by atoms with van der Waals surface area (Å²) in [4.78, 5) is 53.7. The van der Waals surface area contributed by atoms with E-state index >= 15 is 0 Å². The van der Waals surface area contributed by atoms with Crippen LogP contribution < -0.4 is 29.0 Å². The van der Waals surface area contributed by atoms with Crippen molar-refractivity contribution in [2.24, 2.45) is 9.98 Å². The van der Waals surface area contributed by atoms with Gasteiger partial charge < -0.3 is 29.0 Å². The first-order valence-corrected chi connectivity index (χ1v) is 16.0. The zero-order valence-corrected chi connectivity index (χ0v) is 28.3. The SMILES string of the molecule is CCN(CC)c1ccc(C=Nc2cc([N+](=O)[O-])ccc2ON2Oc3cc(N(CC)CC)ccc3C=Nc3cc([N+](=O)[O-])ccc3O2)c(OC)c1. The average molecular weight is 684 g/mol. The third-order valence-corrected chi connectivity index (χ3v) is 7.98. The van der Waals surface area contributed by atoms with E-state index in [0.29, 0.717) is 28.0 Å². The molecular weight excluding hydrogens is 646 g/mol. The van der Waals surface area contributed by atoms with E-state index in [0.717, 1.165) is 37.6 Å². The van der Waals surface area contributed by atoms with Gasteiger partial charge in [-0.15, -0.1) is 0 Å². The van der Waals surface area contributed by atoms with Crippen molar-refractivity contribution in [1.29, 1.82) is 0 Å². The van der Waals surface area contributed by atoms with E-state index in [1.54, 1.807) is 19.2 Å². The molecule has 1 heterocycles. The summed E-state index contributed by atoms with van der Waals surface area (Å²) in [5.74, 6) is 0.971. The molecule has 0 atom stereocenters. The maximum absolute atomic E-state index is 11.8. The zero-order valence-electron chi connectivity index (χ0n) is 28.3. The van der Waals surface area contributed by atoms with Crippen molar-refractivity contribution >= 4 is 46.6 Å². The number of methoxy groups -OCH3 is 1. The van der Waals surface area contributed by atoms with Gasteiger partial charge in [0.1, 0.15) is 17.1 Å². The number of ether oxygens (including phenoxy) is 1. The summed E-state index contributed by atoms with van der Waals surface area (Å²) in [5, 5.41) is 24.0. The number of hydrogen-bond donors (Lipinski definition) is 0. The lowest BCUT2D eigenvalue weighted by molar-refractivity contribution is -0.408. The maximum atomic E-state index is 11.8. The first-order chi connectivity index (χ1) is 24.2. The Hall–Kier alpha value is -6.22. The van der Waals surface area contributed by atoms with Gasteiger partial charge >= 0.3 is 0 Å². The summed E-state index contributed by atoms with van der Waals surface area (Å²) >= 11 is 0. The normalized spacial score (nSPS) is 12.4. The van der Waals surface area contributed by atoms with Gasteiger partial charge in [0.25, 0.3) is 11.4 Å². The lowest BCUT2D eigenvalue weighted by Crippen LogP contribution is -2.35. The fourth-order valence-corrected chi connectivity index (χ4v) is 5.26. The highest BCUT2D eigenvalue weighted by atomic mass is 17.2. The number of benzene rings is 4. The van der Waals surface area contributed by atoms with Crippen molar-refractivity contribution in [3.63, 3.8) is 0 Å². The van der Waals surface area contributed by atoms with Crippen molar-refractivity contribution in [2.45, 2.75) is 27.7 Å². The quantitative estimate of drug-likeness (QED) is 0.0776. The van der Waals surface area contributed by atoms with E-state index in [9.17, 15) is 20.2 Å². The molecule has 0 saturated heterocycles. The highest BCUT2D eigenvalue weighted by molar-refractivity contribution is 5.88. The molecule has 0 saturated carbocycles. The van der Waals surface area contributed by atoms with E-state index in [-0.39, 0.29) is 34.2 Å². The van der Waals surface area contributed by atoms with E-state index in [1.807, 2.05) is 38.1 Å². The molecule has 0 spiro atoms. The molecule has 1 aliphatic heterocycles. The summed E-state index contributed by atoms with van der Waals surface area (Å²) < 4.78 is 5.63. The zero-order chi connectivity index (χ0) is 35.8. The summed E-state index contributed by atoms with van der Waals surface area (Å²) in [6, 6.07) is 19.0. The van der Waals surface area contributed by atoms with Gasteiger partial charge in [-0.05, 0) is 64.1 Å². The van der Waals surface area contributed by atoms with Crippen LogP contribution in [0.5, 0.6) is 23.0 Å². The molecule has 5 rings (SSSR count). The van der Waals surface area contributed by atoms with Gasteiger partial charge in [0.2, 0.25) is 5.39 Å². The average Bonchev–Trinajstić information content (AvgIpc) is 3.19. The molecule has 0 radical (unpaired) electrons. The fraction of sp³-hybridized carbons (Fsp3) is 0.257. The fourth-order valence-electron chi connectivity index (χ4n) is 5.26. The van der Waals surface area contributed by atoms with Crippen LogP contribution in [0, 0.1) is 20.2 Å². The van der Waals surface area contributed by atoms with Gasteiger partial charge in [0.15, 0.2) is 17.2 Å². The number of fused-ring (bicyclic) bond motifs is 2. The van der Waals surface area contributed by atoms with Crippen LogP contribution in [0.3, 0.4) is 0 Å². The second-order valence-electron chi connectivity index (χ2n) is 10.8. The molecule has 0 bridgehead atoms. The maximum Gasteiger partial charge on any atom is 0.271 e. The summed E-state index contributed by atoms with van der Waals surface area (Å²) in [6.45, 7) is 11.3. The van der Waals surface area contributed by atoms with Crippen LogP contribution in [0.25, 0.3) is 0 Å². The lowest BCUT2D eigenvalue weighted by Gasteiger charge is -2.24. The lowest BCUT2D eigenvalue weighted by atomic mass is 10.1. The summed E-state index contributed by atoms with van der Waals surface area (Å²) in [5.41, 5.74) is 2.79. The van der Waals surface area contributed by atoms with Gasteiger partial charge in [-0.2, -0.15) is 0 Å². The molecular formula is C35H37N7O8. The molecule has 0 unspecified atom stereocenters. The molecule has 15 heteroatoms. The summed E-state index contributed by atoms with van der Waals surface area (Å²) in [7, 11) is 1.55. The Balaban J connectivity index is 1.57. The first-order valence-electron chi connectivity index (χ1n) is 16.0. The molecule has 0 N–H and O–H groups in total. The molecule has 4 aromatic carbocycles. The van der Waals surface area contributed by atoms with Crippen LogP contribution in [-0.2, 0) is 0 Å². The van der Waals surface area contributed by atoms with Crippen molar-refractivity contribution in [2.75, 3.05) is 43.1 Å². The van der Waals surface area contributed by atoms with Gasteiger partial charge in [0, 0.05) is 97.5 Å². The van der Waals surface area contributed by atoms with E-state index < -0.39 is 9.85 Å². The van der Waals surface area contributed by atoms with Crippen LogP contribution in [-0.4, -0.2) is 61.0 Å². The first kappa shape index (κ1) is 35.1.